The fourth-order valence-corrected chi connectivity index (χ4v) is 2.66. The molecule has 1 nitrogen and oxygen atoms in total. The van der Waals surface area contributed by atoms with E-state index in [1.54, 1.807) is 6.07 Å². The lowest BCUT2D eigenvalue weighted by Crippen LogP contribution is -2.22. The van der Waals surface area contributed by atoms with Crippen LogP contribution in [0.3, 0.4) is 0 Å². The molecule has 0 saturated carbocycles. The molecular weight excluding hydrogens is 341 g/mol. The van der Waals surface area contributed by atoms with Gasteiger partial charge in [0.05, 0.1) is 5.02 Å². The van der Waals surface area contributed by atoms with Crippen molar-refractivity contribution >= 4 is 27.5 Å². The molecule has 2 atom stereocenters. The van der Waals surface area contributed by atoms with E-state index in [2.05, 4.69) is 40.3 Å². The monoisotopic (exact) mass is 355 g/mol. The number of halogens is 3. The molecule has 0 fully saturated rings. The van der Waals surface area contributed by atoms with Crippen LogP contribution in [-0.4, -0.2) is 0 Å². The summed E-state index contributed by atoms with van der Waals surface area (Å²) in [4.78, 5) is 0. The Bertz CT molecular complexity index is 603. The maximum absolute atomic E-state index is 13.5. The van der Waals surface area contributed by atoms with Crippen LogP contribution >= 0.6 is 27.5 Å². The first kappa shape index (κ1) is 15.5. The molecular formula is C16H16BrClFN. The molecule has 0 aliphatic heterocycles. The van der Waals surface area contributed by atoms with Crippen molar-refractivity contribution in [2.45, 2.75) is 25.9 Å². The number of hydrogen-bond donors (Lipinski definition) is 1. The Morgan fingerprint density at radius 2 is 1.70 bits per heavy atom. The second-order valence-electron chi connectivity index (χ2n) is 4.84. The summed E-state index contributed by atoms with van der Waals surface area (Å²) in [6, 6.07) is 13.3. The first-order chi connectivity index (χ1) is 9.47. The van der Waals surface area contributed by atoms with Gasteiger partial charge in [0.15, 0.2) is 0 Å². The second-order valence-corrected chi connectivity index (χ2v) is 6.16. The molecule has 4 heteroatoms. The second kappa shape index (κ2) is 6.70. The molecule has 0 aliphatic rings. The summed E-state index contributed by atoms with van der Waals surface area (Å²) >= 11 is 9.17. The molecule has 0 radical (unpaired) electrons. The zero-order valence-electron chi connectivity index (χ0n) is 11.3. The van der Waals surface area contributed by atoms with Gasteiger partial charge in [0.1, 0.15) is 5.82 Å². The number of hydrogen-bond acceptors (Lipinski definition) is 1. The minimum absolute atomic E-state index is 0.0377. The minimum atomic E-state index is -0.382. The van der Waals surface area contributed by atoms with Crippen molar-refractivity contribution in [1.29, 1.82) is 0 Å². The van der Waals surface area contributed by atoms with Crippen molar-refractivity contribution in [2.75, 3.05) is 0 Å². The third kappa shape index (κ3) is 3.81. The molecule has 2 rings (SSSR count). The Balaban J connectivity index is 2.10. The molecule has 0 spiro atoms. The average molecular weight is 357 g/mol. The number of nitrogens with one attached hydrogen (secondary N) is 1. The Kier molecular flexibility index (Phi) is 5.19. The van der Waals surface area contributed by atoms with Crippen molar-refractivity contribution in [3.8, 4) is 0 Å². The summed E-state index contributed by atoms with van der Waals surface area (Å²) in [5.41, 5.74) is 2.06. The maximum Gasteiger partial charge on any atom is 0.142 e. The van der Waals surface area contributed by atoms with Crippen LogP contribution in [0.15, 0.2) is 46.9 Å². The van der Waals surface area contributed by atoms with Crippen LogP contribution in [0.2, 0.25) is 5.02 Å². The molecule has 0 amide bonds. The standard InChI is InChI=1S/C16H16BrClFN/c1-10(12-4-3-5-14(17)8-12)20-11(2)13-6-7-15(18)16(19)9-13/h3-11,20H,1-2H3. The molecule has 0 saturated heterocycles. The van der Waals surface area contributed by atoms with Gasteiger partial charge in [-0.3, -0.25) is 0 Å². The van der Waals surface area contributed by atoms with Crippen molar-refractivity contribution in [2.24, 2.45) is 0 Å². The van der Waals surface area contributed by atoms with Gasteiger partial charge in [-0.05, 0) is 49.2 Å². The normalized spacial score (nSPS) is 14.1. The number of benzene rings is 2. The summed E-state index contributed by atoms with van der Waals surface area (Å²) in [5, 5.41) is 3.61. The fourth-order valence-electron chi connectivity index (χ4n) is 2.13. The van der Waals surface area contributed by atoms with Crippen LogP contribution in [-0.2, 0) is 0 Å². The van der Waals surface area contributed by atoms with E-state index < -0.39 is 0 Å². The highest BCUT2D eigenvalue weighted by atomic mass is 79.9. The van der Waals surface area contributed by atoms with Crippen molar-refractivity contribution in [3.05, 3.63) is 68.9 Å². The van der Waals surface area contributed by atoms with E-state index in [0.717, 1.165) is 10.0 Å². The van der Waals surface area contributed by atoms with Crippen LogP contribution in [0.4, 0.5) is 4.39 Å². The minimum Gasteiger partial charge on any atom is -0.304 e. The lowest BCUT2D eigenvalue weighted by atomic mass is 10.0. The van der Waals surface area contributed by atoms with Crippen molar-refractivity contribution in [1.82, 2.24) is 5.32 Å². The predicted octanol–water partition coefficient (Wildman–Crippen LogP) is 5.65. The Morgan fingerprint density at radius 3 is 2.30 bits per heavy atom. The van der Waals surface area contributed by atoms with Crippen LogP contribution < -0.4 is 5.32 Å². The van der Waals surface area contributed by atoms with E-state index in [4.69, 9.17) is 11.6 Å². The molecule has 2 unspecified atom stereocenters. The highest BCUT2D eigenvalue weighted by Crippen LogP contribution is 2.24. The fraction of sp³-hybridized carbons (Fsp3) is 0.250. The van der Waals surface area contributed by atoms with Gasteiger partial charge in [0, 0.05) is 16.6 Å². The predicted molar refractivity (Wildman–Crippen MR) is 85.5 cm³/mol. The first-order valence-corrected chi connectivity index (χ1v) is 7.61. The first-order valence-electron chi connectivity index (χ1n) is 6.44. The van der Waals surface area contributed by atoms with Gasteiger partial charge in [0.2, 0.25) is 0 Å². The van der Waals surface area contributed by atoms with E-state index in [1.807, 2.05) is 25.1 Å². The molecule has 106 valence electrons. The van der Waals surface area contributed by atoms with Gasteiger partial charge < -0.3 is 5.32 Å². The van der Waals surface area contributed by atoms with E-state index in [0.29, 0.717) is 0 Å². The topological polar surface area (TPSA) is 12.0 Å². The lowest BCUT2D eigenvalue weighted by Gasteiger charge is -2.21. The van der Waals surface area contributed by atoms with Crippen LogP contribution in [0, 0.1) is 5.82 Å². The maximum atomic E-state index is 13.5. The summed E-state index contributed by atoms with van der Waals surface area (Å²) in [7, 11) is 0. The van der Waals surface area contributed by atoms with Crippen LogP contribution in [0.5, 0.6) is 0 Å². The summed E-state index contributed by atoms with van der Waals surface area (Å²) in [6.45, 7) is 4.10. The van der Waals surface area contributed by atoms with Gasteiger partial charge in [-0.25, -0.2) is 4.39 Å². The molecule has 2 aromatic rings. The van der Waals surface area contributed by atoms with E-state index in [1.165, 1.54) is 11.6 Å². The quantitative estimate of drug-likeness (QED) is 0.746. The lowest BCUT2D eigenvalue weighted by molar-refractivity contribution is 0.492. The highest BCUT2D eigenvalue weighted by Gasteiger charge is 2.12. The summed E-state index contributed by atoms with van der Waals surface area (Å²) < 4.78 is 14.5. The van der Waals surface area contributed by atoms with Gasteiger partial charge in [-0.1, -0.05) is 45.7 Å². The van der Waals surface area contributed by atoms with E-state index in [-0.39, 0.29) is 22.9 Å². The van der Waals surface area contributed by atoms with E-state index >= 15 is 0 Å². The zero-order chi connectivity index (χ0) is 14.7. The van der Waals surface area contributed by atoms with Gasteiger partial charge >= 0.3 is 0 Å². The zero-order valence-corrected chi connectivity index (χ0v) is 13.7. The van der Waals surface area contributed by atoms with Crippen LogP contribution in [0.25, 0.3) is 0 Å². The van der Waals surface area contributed by atoms with Crippen molar-refractivity contribution in [3.63, 3.8) is 0 Å². The van der Waals surface area contributed by atoms with Gasteiger partial charge in [-0.2, -0.15) is 0 Å². The molecule has 0 aromatic heterocycles. The molecule has 1 N–H and O–H groups in total. The molecule has 0 bridgehead atoms. The average Bonchev–Trinajstić information content (AvgIpc) is 2.41. The van der Waals surface area contributed by atoms with Gasteiger partial charge in [0.25, 0.3) is 0 Å². The Labute approximate surface area is 132 Å². The molecule has 20 heavy (non-hydrogen) atoms. The Morgan fingerprint density at radius 1 is 1.05 bits per heavy atom. The summed E-state index contributed by atoms with van der Waals surface area (Å²) in [6.07, 6.45) is 0. The van der Waals surface area contributed by atoms with Crippen LogP contribution in [0.1, 0.15) is 37.1 Å². The largest absolute Gasteiger partial charge is 0.304 e. The van der Waals surface area contributed by atoms with E-state index in [9.17, 15) is 4.39 Å². The highest BCUT2D eigenvalue weighted by molar-refractivity contribution is 9.10. The van der Waals surface area contributed by atoms with Crippen molar-refractivity contribution < 1.29 is 4.39 Å². The molecule has 0 heterocycles. The third-order valence-electron chi connectivity index (χ3n) is 3.29. The SMILES string of the molecule is CC(NC(C)c1ccc(Cl)c(F)c1)c1cccc(Br)c1. The summed E-state index contributed by atoms with van der Waals surface area (Å²) in [5.74, 6) is -0.382. The third-order valence-corrected chi connectivity index (χ3v) is 4.09. The smallest absolute Gasteiger partial charge is 0.142 e. The Hall–Kier alpha value is -0.900. The van der Waals surface area contributed by atoms with Gasteiger partial charge in [-0.15, -0.1) is 0 Å². The molecule has 0 aliphatic carbocycles. The molecule has 2 aromatic carbocycles. The number of rotatable bonds is 4.